The van der Waals surface area contributed by atoms with Gasteiger partial charge in [-0.25, -0.2) is 0 Å². The van der Waals surface area contributed by atoms with E-state index in [0.29, 0.717) is 0 Å². The Morgan fingerprint density at radius 1 is 1.36 bits per heavy atom. The molecule has 0 bridgehead atoms. The van der Waals surface area contributed by atoms with E-state index in [0.717, 1.165) is 5.33 Å². The Balaban J connectivity index is 3.24. The molecule has 0 amide bonds. The van der Waals surface area contributed by atoms with Gasteiger partial charge in [-0.3, -0.25) is 0 Å². The van der Waals surface area contributed by atoms with Crippen molar-refractivity contribution in [3.8, 4) is 0 Å². The minimum atomic E-state index is 0.955. The van der Waals surface area contributed by atoms with Crippen molar-refractivity contribution in [2.75, 3.05) is 0 Å². The average Bonchev–Trinajstić information content (AvgIpc) is 1.96. The van der Waals surface area contributed by atoms with E-state index in [4.69, 9.17) is 0 Å². The summed E-state index contributed by atoms with van der Waals surface area (Å²) in [4.78, 5) is 0. The molecular formula is C9H10BrI. The molecule has 0 fully saturated rings. The van der Waals surface area contributed by atoms with Gasteiger partial charge < -0.3 is 0 Å². The van der Waals surface area contributed by atoms with Gasteiger partial charge in [0.25, 0.3) is 0 Å². The van der Waals surface area contributed by atoms with E-state index in [1.807, 2.05) is 0 Å². The molecule has 2 heteroatoms. The van der Waals surface area contributed by atoms with Gasteiger partial charge >= 0.3 is 0 Å². The van der Waals surface area contributed by atoms with E-state index in [-0.39, 0.29) is 0 Å². The maximum atomic E-state index is 3.47. The molecule has 0 saturated carbocycles. The molecule has 0 spiro atoms. The molecule has 1 aromatic rings. The fourth-order valence-corrected chi connectivity index (χ4v) is 2.45. The van der Waals surface area contributed by atoms with Crippen LogP contribution in [-0.2, 0) is 5.33 Å². The Morgan fingerprint density at radius 2 is 2.00 bits per heavy atom. The third-order valence-electron chi connectivity index (χ3n) is 1.88. The molecule has 0 unspecified atom stereocenters. The van der Waals surface area contributed by atoms with E-state index in [1.165, 1.54) is 20.3 Å². The molecule has 0 heterocycles. The van der Waals surface area contributed by atoms with Crippen molar-refractivity contribution in [2.24, 2.45) is 0 Å². The van der Waals surface area contributed by atoms with Crippen molar-refractivity contribution >= 4 is 38.5 Å². The number of rotatable bonds is 1. The SMILES string of the molecule is Cc1cc(I)cc(CBr)c1C. The third kappa shape index (κ3) is 2.18. The molecule has 1 rings (SSSR count). The van der Waals surface area contributed by atoms with Gasteiger partial charge in [0.2, 0.25) is 0 Å². The lowest BCUT2D eigenvalue weighted by Crippen LogP contribution is -1.89. The molecular weight excluding hydrogens is 315 g/mol. The predicted octanol–water partition coefficient (Wildman–Crippen LogP) is 3.80. The van der Waals surface area contributed by atoms with Crippen LogP contribution in [-0.4, -0.2) is 0 Å². The fraction of sp³-hybridized carbons (Fsp3) is 0.333. The maximum absolute atomic E-state index is 3.47. The zero-order chi connectivity index (χ0) is 8.43. The summed E-state index contributed by atoms with van der Waals surface area (Å²) in [6.45, 7) is 4.33. The van der Waals surface area contributed by atoms with Gasteiger partial charge in [-0.1, -0.05) is 15.9 Å². The molecule has 0 aromatic heterocycles. The van der Waals surface area contributed by atoms with Gasteiger partial charge in [0, 0.05) is 8.90 Å². The van der Waals surface area contributed by atoms with Crippen LogP contribution >= 0.6 is 38.5 Å². The molecule has 60 valence electrons. The van der Waals surface area contributed by atoms with Gasteiger partial charge in [0.1, 0.15) is 0 Å². The summed E-state index contributed by atoms with van der Waals surface area (Å²) in [5.41, 5.74) is 4.18. The number of benzene rings is 1. The molecule has 1 aromatic carbocycles. The maximum Gasteiger partial charge on any atom is 0.0286 e. The van der Waals surface area contributed by atoms with Crippen molar-refractivity contribution in [1.29, 1.82) is 0 Å². The molecule has 0 saturated heterocycles. The first-order valence-corrected chi connectivity index (χ1v) is 5.66. The van der Waals surface area contributed by atoms with Crippen molar-refractivity contribution in [1.82, 2.24) is 0 Å². The number of alkyl halides is 1. The first-order chi connectivity index (χ1) is 5.15. The highest BCUT2D eigenvalue weighted by Gasteiger charge is 2.00. The van der Waals surface area contributed by atoms with Crippen LogP contribution in [0.3, 0.4) is 0 Å². The highest BCUT2D eigenvalue weighted by molar-refractivity contribution is 14.1. The van der Waals surface area contributed by atoms with Crippen LogP contribution in [0.25, 0.3) is 0 Å². The lowest BCUT2D eigenvalue weighted by atomic mass is 10.1. The first-order valence-electron chi connectivity index (χ1n) is 3.46. The van der Waals surface area contributed by atoms with E-state index >= 15 is 0 Å². The van der Waals surface area contributed by atoms with Crippen LogP contribution in [0.1, 0.15) is 16.7 Å². The van der Waals surface area contributed by atoms with E-state index in [1.54, 1.807) is 0 Å². The monoisotopic (exact) mass is 324 g/mol. The Morgan fingerprint density at radius 3 is 2.55 bits per heavy atom. The summed E-state index contributed by atoms with van der Waals surface area (Å²) in [6.07, 6.45) is 0. The van der Waals surface area contributed by atoms with Gasteiger partial charge in [0.05, 0.1) is 0 Å². The Hall–Kier alpha value is 0.430. The van der Waals surface area contributed by atoms with Crippen LogP contribution < -0.4 is 0 Å². The Labute approximate surface area is 89.7 Å². The number of hydrogen-bond acceptors (Lipinski definition) is 0. The lowest BCUT2D eigenvalue weighted by molar-refractivity contribution is 1.24. The summed E-state index contributed by atoms with van der Waals surface area (Å²) >= 11 is 5.82. The van der Waals surface area contributed by atoms with Gasteiger partial charge in [-0.15, -0.1) is 0 Å². The van der Waals surface area contributed by atoms with Gasteiger partial charge in [-0.2, -0.15) is 0 Å². The summed E-state index contributed by atoms with van der Waals surface area (Å²) in [5, 5.41) is 0.955. The van der Waals surface area contributed by atoms with Crippen LogP contribution in [0, 0.1) is 17.4 Å². The molecule has 0 radical (unpaired) electrons. The minimum absolute atomic E-state index is 0.955. The minimum Gasteiger partial charge on any atom is -0.0876 e. The van der Waals surface area contributed by atoms with Crippen LogP contribution in [0.15, 0.2) is 12.1 Å². The van der Waals surface area contributed by atoms with E-state index in [2.05, 4.69) is 64.5 Å². The smallest absolute Gasteiger partial charge is 0.0286 e. The zero-order valence-corrected chi connectivity index (χ0v) is 10.4. The second-order valence-corrected chi connectivity index (χ2v) is 4.45. The van der Waals surface area contributed by atoms with Crippen molar-refractivity contribution in [3.63, 3.8) is 0 Å². The molecule has 0 N–H and O–H groups in total. The highest BCUT2D eigenvalue weighted by atomic mass is 127. The number of aryl methyl sites for hydroxylation is 1. The normalized spacial score (nSPS) is 10.2. The second-order valence-electron chi connectivity index (χ2n) is 2.64. The predicted molar refractivity (Wildman–Crippen MR) is 61.3 cm³/mol. The lowest BCUT2D eigenvalue weighted by Gasteiger charge is -2.06. The molecule has 0 aliphatic carbocycles. The first kappa shape index (κ1) is 9.52. The highest BCUT2D eigenvalue weighted by Crippen LogP contribution is 2.19. The summed E-state index contributed by atoms with van der Waals surface area (Å²) in [7, 11) is 0. The summed E-state index contributed by atoms with van der Waals surface area (Å²) in [5.74, 6) is 0. The molecule has 0 aliphatic rings. The van der Waals surface area contributed by atoms with Crippen LogP contribution in [0.4, 0.5) is 0 Å². The standard InChI is InChI=1S/C9H10BrI/c1-6-3-9(11)4-8(5-10)7(6)2/h3-4H,5H2,1-2H3. The fourth-order valence-electron chi connectivity index (χ4n) is 1.02. The summed E-state index contributed by atoms with van der Waals surface area (Å²) in [6, 6.07) is 4.43. The Kier molecular flexibility index (Phi) is 3.37. The van der Waals surface area contributed by atoms with E-state index in [9.17, 15) is 0 Å². The van der Waals surface area contributed by atoms with Crippen LogP contribution in [0.2, 0.25) is 0 Å². The van der Waals surface area contributed by atoms with Crippen molar-refractivity contribution in [2.45, 2.75) is 19.2 Å². The largest absolute Gasteiger partial charge is 0.0876 e. The molecule has 0 atom stereocenters. The van der Waals surface area contributed by atoms with Crippen molar-refractivity contribution in [3.05, 3.63) is 32.4 Å². The molecule has 0 nitrogen and oxygen atoms in total. The molecule has 11 heavy (non-hydrogen) atoms. The van der Waals surface area contributed by atoms with Crippen LogP contribution in [0.5, 0.6) is 0 Å². The van der Waals surface area contributed by atoms with E-state index < -0.39 is 0 Å². The number of hydrogen-bond donors (Lipinski definition) is 0. The molecule has 0 aliphatic heterocycles. The average molecular weight is 325 g/mol. The number of halogens is 2. The Bertz CT molecular complexity index is 269. The zero-order valence-electron chi connectivity index (χ0n) is 6.62. The van der Waals surface area contributed by atoms with Crippen molar-refractivity contribution < 1.29 is 0 Å². The third-order valence-corrected chi connectivity index (χ3v) is 3.11. The second kappa shape index (κ2) is 3.90. The van der Waals surface area contributed by atoms with Gasteiger partial charge in [0.15, 0.2) is 0 Å². The topological polar surface area (TPSA) is 0 Å². The quantitative estimate of drug-likeness (QED) is 0.544. The summed E-state index contributed by atoms with van der Waals surface area (Å²) < 4.78 is 1.32. The van der Waals surface area contributed by atoms with Gasteiger partial charge in [-0.05, 0) is 65.3 Å².